The van der Waals surface area contributed by atoms with Crippen LogP contribution in [-0.4, -0.2) is 24.5 Å². The maximum atomic E-state index is 2.57. The Morgan fingerprint density at radius 1 is 0.750 bits per heavy atom. The quantitative estimate of drug-likeness (QED) is 0.588. The zero-order valence-electron chi connectivity index (χ0n) is 11.7. The summed E-state index contributed by atoms with van der Waals surface area (Å²) in [4.78, 5) is 2.57. The van der Waals surface area contributed by atoms with Gasteiger partial charge in [0.1, 0.15) is 0 Å². The molecule has 1 aliphatic heterocycles. The van der Waals surface area contributed by atoms with Gasteiger partial charge >= 0.3 is 0 Å². The summed E-state index contributed by atoms with van der Waals surface area (Å²) in [5.74, 6) is 0.866. The molecule has 2 unspecified atom stereocenters. The number of hydrogen-bond acceptors (Lipinski definition) is 1. The fourth-order valence-corrected chi connectivity index (χ4v) is 2.77. The molecule has 1 heterocycles. The lowest BCUT2D eigenvalue weighted by molar-refractivity contribution is 0.187. The Kier molecular flexibility index (Phi) is 7.11. The minimum Gasteiger partial charge on any atom is -0.303 e. The number of rotatable bonds is 0. The summed E-state index contributed by atoms with van der Waals surface area (Å²) in [5, 5.41) is 0. The smallest absolute Gasteiger partial charge is 0.00895 e. The zero-order valence-corrected chi connectivity index (χ0v) is 11.7. The highest BCUT2D eigenvalue weighted by Crippen LogP contribution is 2.19. The molecule has 0 radical (unpaired) electrons. The zero-order chi connectivity index (χ0) is 11.8. The van der Waals surface area contributed by atoms with E-state index < -0.39 is 0 Å². The predicted molar refractivity (Wildman–Crippen MR) is 72.8 cm³/mol. The van der Waals surface area contributed by atoms with Gasteiger partial charge in [-0.2, -0.15) is 0 Å². The summed E-state index contributed by atoms with van der Waals surface area (Å²) < 4.78 is 0. The van der Waals surface area contributed by atoms with Gasteiger partial charge < -0.3 is 4.90 Å². The molecule has 0 amide bonds. The molecule has 1 heteroatoms. The van der Waals surface area contributed by atoms with Gasteiger partial charge in [-0.25, -0.2) is 0 Å². The molecule has 0 saturated carbocycles. The molecule has 0 N–H and O–H groups in total. The minimum absolute atomic E-state index is 0.765. The summed E-state index contributed by atoms with van der Waals surface area (Å²) >= 11 is 0. The second-order valence-electron chi connectivity index (χ2n) is 5.82. The average molecular weight is 225 g/mol. The van der Waals surface area contributed by atoms with Gasteiger partial charge in [0, 0.05) is 6.04 Å². The van der Waals surface area contributed by atoms with Gasteiger partial charge in [-0.15, -0.1) is 0 Å². The first-order valence-corrected chi connectivity index (χ1v) is 7.42. The third-order valence-electron chi connectivity index (χ3n) is 4.44. The molecule has 1 fully saturated rings. The number of nitrogens with zero attached hydrogens (tertiary/aromatic N) is 1. The lowest BCUT2D eigenvalue weighted by atomic mass is 9.95. The number of hydrogen-bond donors (Lipinski definition) is 0. The standard InChI is InChI=1S/C15H31N/c1-14-12-10-8-6-4-5-7-9-11-13-16(3)15(14)2/h14-15H,4-13H2,1-3H3. The Balaban J connectivity index is 2.36. The summed E-state index contributed by atoms with van der Waals surface area (Å²) in [6.45, 7) is 6.14. The lowest BCUT2D eigenvalue weighted by Gasteiger charge is -2.30. The first-order valence-electron chi connectivity index (χ1n) is 7.42. The van der Waals surface area contributed by atoms with Crippen molar-refractivity contribution in [2.24, 2.45) is 5.92 Å². The van der Waals surface area contributed by atoms with E-state index in [1.807, 2.05) is 0 Å². The summed E-state index contributed by atoms with van der Waals surface area (Å²) in [6, 6.07) is 0.765. The van der Waals surface area contributed by atoms with Crippen LogP contribution in [0.15, 0.2) is 0 Å². The molecule has 0 aromatic heterocycles. The Morgan fingerprint density at radius 3 is 1.88 bits per heavy atom. The molecular weight excluding hydrogens is 194 g/mol. The highest BCUT2D eigenvalue weighted by Gasteiger charge is 2.16. The van der Waals surface area contributed by atoms with Crippen LogP contribution >= 0.6 is 0 Å². The summed E-state index contributed by atoms with van der Waals surface area (Å²) in [6.07, 6.45) is 13.0. The minimum atomic E-state index is 0.765. The molecule has 2 atom stereocenters. The Labute approximate surface area is 103 Å². The topological polar surface area (TPSA) is 3.24 Å². The molecule has 1 aliphatic rings. The van der Waals surface area contributed by atoms with Crippen LogP contribution in [0.5, 0.6) is 0 Å². The van der Waals surface area contributed by atoms with E-state index in [1.54, 1.807) is 0 Å². The Morgan fingerprint density at radius 2 is 1.25 bits per heavy atom. The van der Waals surface area contributed by atoms with Gasteiger partial charge in [-0.3, -0.25) is 0 Å². The first-order chi connectivity index (χ1) is 7.72. The molecule has 1 rings (SSSR count). The normalized spacial score (nSPS) is 32.4. The monoisotopic (exact) mass is 225 g/mol. The predicted octanol–water partition coefficient (Wildman–Crippen LogP) is 4.47. The summed E-state index contributed by atoms with van der Waals surface area (Å²) in [7, 11) is 2.31. The molecular formula is C15H31N. The van der Waals surface area contributed by atoms with Crippen molar-refractivity contribution in [1.82, 2.24) is 4.90 Å². The molecule has 0 aliphatic carbocycles. The van der Waals surface area contributed by atoms with Crippen molar-refractivity contribution in [3.05, 3.63) is 0 Å². The SMILES string of the molecule is CC1CCCCCCCCCCN(C)C1C. The van der Waals surface area contributed by atoms with Crippen molar-refractivity contribution in [2.75, 3.05) is 13.6 Å². The second kappa shape index (κ2) is 8.11. The van der Waals surface area contributed by atoms with E-state index in [9.17, 15) is 0 Å². The van der Waals surface area contributed by atoms with Crippen LogP contribution in [0.1, 0.15) is 71.6 Å². The van der Waals surface area contributed by atoms with E-state index in [1.165, 1.54) is 64.3 Å². The molecule has 0 aromatic carbocycles. The van der Waals surface area contributed by atoms with Crippen LogP contribution in [-0.2, 0) is 0 Å². The van der Waals surface area contributed by atoms with E-state index in [0.29, 0.717) is 0 Å². The van der Waals surface area contributed by atoms with Gasteiger partial charge in [0.05, 0.1) is 0 Å². The van der Waals surface area contributed by atoms with Crippen LogP contribution < -0.4 is 0 Å². The Bertz CT molecular complexity index is 149. The molecule has 16 heavy (non-hydrogen) atoms. The van der Waals surface area contributed by atoms with Gasteiger partial charge in [-0.05, 0) is 39.3 Å². The maximum Gasteiger partial charge on any atom is 0.00895 e. The fraction of sp³-hybridized carbons (Fsp3) is 1.00. The van der Waals surface area contributed by atoms with Gasteiger partial charge in [0.25, 0.3) is 0 Å². The molecule has 0 spiro atoms. The van der Waals surface area contributed by atoms with Crippen molar-refractivity contribution in [2.45, 2.75) is 77.7 Å². The van der Waals surface area contributed by atoms with Gasteiger partial charge in [-0.1, -0.05) is 51.9 Å². The van der Waals surface area contributed by atoms with E-state index in [0.717, 1.165) is 12.0 Å². The molecule has 0 aromatic rings. The van der Waals surface area contributed by atoms with E-state index >= 15 is 0 Å². The van der Waals surface area contributed by atoms with Crippen LogP contribution in [0.2, 0.25) is 0 Å². The fourth-order valence-electron chi connectivity index (χ4n) is 2.77. The van der Waals surface area contributed by atoms with Crippen molar-refractivity contribution in [3.8, 4) is 0 Å². The average Bonchev–Trinajstić information content (AvgIpc) is 2.29. The largest absolute Gasteiger partial charge is 0.303 e. The lowest BCUT2D eigenvalue weighted by Crippen LogP contribution is -2.35. The Hall–Kier alpha value is -0.0400. The van der Waals surface area contributed by atoms with E-state index in [-0.39, 0.29) is 0 Å². The van der Waals surface area contributed by atoms with Crippen LogP contribution in [0.4, 0.5) is 0 Å². The van der Waals surface area contributed by atoms with Crippen molar-refractivity contribution in [3.63, 3.8) is 0 Å². The van der Waals surface area contributed by atoms with Crippen LogP contribution in [0.25, 0.3) is 0 Å². The van der Waals surface area contributed by atoms with E-state index in [2.05, 4.69) is 25.8 Å². The third-order valence-corrected chi connectivity index (χ3v) is 4.44. The van der Waals surface area contributed by atoms with Crippen molar-refractivity contribution in [1.29, 1.82) is 0 Å². The highest BCUT2D eigenvalue weighted by atomic mass is 15.1. The molecule has 1 nitrogen and oxygen atoms in total. The molecule has 1 saturated heterocycles. The molecule has 96 valence electrons. The van der Waals surface area contributed by atoms with Gasteiger partial charge in [0.2, 0.25) is 0 Å². The third kappa shape index (κ3) is 5.34. The van der Waals surface area contributed by atoms with Crippen LogP contribution in [0, 0.1) is 5.92 Å². The maximum absolute atomic E-state index is 2.57. The van der Waals surface area contributed by atoms with Crippen molar-refractivity contribution < 1.29 is 0 Å². The van der Waals surface area contributed by atoms with Gasteiger partial charge in [0.15, 0.2) is 0 Å². The highest BCUT2D eigenvalue weighted by molar-refractivity contribution is 4.70. The van der Waals surface area contributed by atoms with E-state index in [4.69, 9.17) is 0 Å². The summed E-state index contributed by atoms with van der Waals surface area (Å²) in [5.41, 5.74) is 0. The molecule has 0 bridgehead atoms. The van der Waals surface area contributed by atoms with Crippen LogP contribution in [0.3, 0.4) is 0 Å². The van der Waals surface area contributed by atoms with Crippen molar-refractivity contribution >= 4 is 0 Å². The first kappa shape index (κ1) is 14.0. The second-order valence-corrected chi connectivity index (χ2v) is 5.82.